The summed E-state index contributed by atoms with van der Waals surface area (Å²) in [5, 5.41) is -1.09. The van der Waals surface area contributed by atoms with Crippen LogP contribution in [-0.4, -0.2) is 77.3 Å². The Balaban J connectivity index is 1.16. The summed E-state index contributed by atoms with van der Waals surface area (Å²) < 4.78 is 1.13. The molecule has 0 N–H and O–H groups in total. The van der Waals surface area contributed by atoms with E-state index in [0.717, 1.165) is 78.4 Å². The van der Waals surface area contributed by atoms with Crippen molar-refractivity contribution < 1.29 is 64.4 Å². The second-order valence-corrected chi connectivity index (χ2v) is 27.7. The van der Waals surface area contributed by atoms with Crippen molar-refractivity contribution >= 4 is 115 Å². The lowest BCUT2D eigenvalue weighted by molar-refractivity contribution is -0.452. The summed E-state index contributed by atoms with van der Waals surface area (Å²) in [4.78, 5) is 64.5. The Morgan fingerprint density at radius 3 is 2.00 bits per heavy atom. The van der Waals surface area contributed by atoms with Gasteiger partial charge < -0.3 is 0 Å². The molecule has 0 aromatic heterocycles. The van der Waals surface area contributed by atoms with Crippen LogP contribution in [0.4, 0.5) is 0 Å². The molecule has 9 rings (SSSR count). The highest BCUT2D eigenvalue weighted by molar-refractivity contribution is 14.1. The van der Waals surface area contributed by atoms with Crippen LogP contribution >= 0.6 is 91.6 Å². The van der Waals surface area contributed by atoms with Crippen molar-refractivity contribution in [1.82, 2.24) is 9.80 Å². The van der Waals surface area contributed by atoms with E-state index in [4.69, 9.17) is 46.4 Å². The van der Waals surface area contributed by atoms with Crippen molar-refractivity contribution in [2.75, 3.05) is 0 Å². The first-order valence-corrected chi connectivity index (χ1v) is 29.7. The Morgan fingerprint density at radius 1 is 0.758 bits per heavy atom. The number of halogens is 8. The van der Waals surface area contributed by atoms with Gasteiger partial charge in [0.15, 0.2) is 7.85 Å². The van der Waals surface area contributed by atoms with Crippen molar-refractivity contribution in [2.45, 2.75) is 136 Å². The zero-order chi connectivity index (χ0) is 44.4. The lowest BCUT2D eigenvalue weighted by Gasteiger charge is -2.59. The highest BCUT2D eigenvalue weighted by Crippen LogP contribution is 2.67. The van der Waals surface area contributed by atoms with E-state index in [0.29, 0.717) is 37.7 Å². The average molecular weight is 1370 g/mol. The predicted octanol–water partition coefficient (Wildman–Crippen LogP) is 4.32. The van der Waals surface area contributed by atoms with Crippen LogP contribution < -0.4 is 45.2 Å². The number of nitrogens with zero attached hydrogens (tertiary/aromatic N) is 2. The number of hydrogen-bond acceptors (Lipinski definition) is 4. The van der Waals surface area contributed by atoms with Gasteiger partial charge in [-0.1, -0.05) is 121 Å². The highest BCUT2D eigenvalue weighted by atomic mass is 127. The Labute approximate surface area is 441 Å². The van der Waals surface area contributed by atoms with Crippen LogP contribution in [0.3, 0.4) is 0 Å². The topological polar surface area (TPSA) is 74.8 Å². The minimum absolute atomic E-state index is 0.0364. The molecule has 0 spiro atoms. The number of hydrogen-bond donors (Lipinski definition) is 0. The molecule has 7 aliphatic carbocycles. The van der Waals surface area contributed by atoms with E-state index in [1.54, 1.807) is 9.80 Å². The van der Waals surface area contributed by atoms with Gasteiger partial charge in [0.25, 0.3) is 51.1 Å². The fourth-order valence-corrected chi connectivity index (χ4v) is 18.2. The monoisotopic (exact) mass is 1370 g/mol. The van der Waals surface area contributed by atoms with Crippen LogP contribution in [0.2, 0.25) is 0 Å². The number of rotatable bonds is 10. The first-order chi connectivity index (χ1) is 29.6. The SMILES string of the molecule is CCC(I)C1=CC=CC(C(I)CC)C1N1C(=O)C2=CC(Cl)C3C4=C(Cl)CC5C(=O)N(C6C(C([IH+])CC)CCCC6C([IH+])CC)C(=O)C6CC(Cl)C(C4=C56)C4C3=C2C(CC4Cl)C1=O. The first-order valence-electron chi connectivity index (χ1n) is 22.9. The molecule has 0 radical (unpaired) electrons. The molecule has 6 nitrogen and oxygen atoms in total. The van der Waals surface area contributed by atoms with Gasteiger partial charge in [-0.05, 0) is 85.7 Å². The van der Waals surface area contributed by atoms with Gasteiger partial charge in [0.05, 0.1) is 35.2 Å². The smallest absolute Gasteiger partial charge is 0.261 e. The van der Waals surface area contributed by atoms with Gasteiger partial charge in [-0.3, -0.25) is 29.0 Å². The minimum atomic E-state index is -0.670. The molecular formula is C48H56Cl4I4N2O4+2. The Bertz CT molecular complexity index is 2140. The van der Waals surface area contributed by atoms with E-state index < -0.39 is 45.8 Å². The minimum Gasteiger partial charge on any atom is -0.278 e. The molecule has 0 aromatic carbocycles. The largest absolute Gasteiger partial charge is 0.278 e. The third-order valence-corrected chi connectivity index (χ3v) is 25.1. The fraction of sp³-hybridized carbons (Fsp3) is 0.667. The molecular weight excluding hydrogens is 1320 g/mol. The number of carbonyl (C=O) groups is 4. The summed E-state index contributed by atoms with van der Waals surface area (Å²) in [6.07, 6.45) is 16.2. The second-order valence-electron chi connectivity index (χ2n) is 19.1. The second kappa shape index (κ2) is 18.6. The summed E-state index contributed by atoms with van der Waals surface area (Å²) in [5.41, 5.74) is 5.93. The van der Waals surface area contributed by atoms with Crippen LogP contribution in [0.25, 0.3) is 0 Å². The van der Waals surface area contributed by atoms with Crippen LogP contribution in [0.5, 0.6) is 0 Å². The lowest BCUT2D eigenvalue weighted by Crippen LogP contribution is -3.40. The van der Waals surface area contributed by atoms with Crippen LogP contribution in [-0.2, 0) is 19.2 Å². The zero-order valence-corrected chi connectivity index (χ0v) is 47.4. The highest BCUT2D eigenvalue weighted by Gasteiger charge is 2.65. The van der Waals surface area contributed by atoms with E-state index in [1.165, 1.54) is 0 Å². The van der Waals surface area contributed by atoms with Gasteiger partial charge in [-0.15, -0.1) is 34.8 Å². The Hall–Kier alpha value is 0.800. The molecule has 336 valence electrons. The number of fused-ring (bicyclic) bond motifs is 2. The van der Waals surface area contributed by atoms with Crippen LogP contribution in [0.15, 0.2) is 68.3 Å². The Kier molecular flexibility index (Phi) is 14.4. The number of imide groups is 2. The zero-order valence-electron chi connectivity index (χ0n) is 35.4. The summed E-state index contributed by atoms with van der Waals surface area (Å²) >= 11 is 39.9. The maximum Gasteiger partial charge on any atom is 0.261 e. The molecule has 0 bridgehead atoms. The summed E-state index contributed by atoms with van der Waals surface area (Å²) in [7, 11) is 0. The molecule has 62 heavy (non-hydrogen) atoms. The molecule has 2 saturated carbocycles. The number of allylic oxidation sites excluding steroid dienone is 7. The van der Waals surface area contributed by atoms with Gasteiger partial charge in [-0.2, -0.15) is 0 Å². The summed E-state index contributed by atoms with van der Waals surface area (Å²) in [6.45, 7) is 8.74. The molecule has 9 aliphatic rings. The third kappa shape index (κ3) is 7.28. The molecule has 0 aromatic rings. The van der Waals surface area contributed by atoms with Crippen LogP contribution in [0.1, 0.15) is 91.9 Å². The summed E-state index contributed by atoms with van der Waals surface area (Å²) in [6, 6.07) is -0.565. The van der Waals surface area contributed by atoms with Crippen LogP contribution in [0, 0.1) is 53.3 Å². The van der Waals surface area contributed by atoms with Gasteiger partial charge in [0.2, 0.25) is 17.7 Å². The van der Waals surface area contributed by atoms with Crippen molar-refractivity contribution in [1.29, 1.82) is 0 Å². The lowest BCUT2D eigenvalue weighted by atomic mass is 9.49. The number of alkyl halides is 7. The maximum absolute atomic E-state index is 15.3. The van der Waals surface area contributed by atoms with Crippen molar-refractivity contribution in [2.24, 2.45) is 53.3 Å². The van der Waals surface area contributed by atoms with E-state index in [9.17, 15) is 0 Å². The molecule has 4 amide bonds. The van der Waals surface area contributed by atoms with Crippen molar-refractivity contribution in [3.8, 4) is 0 Å². The van der Waals surface area contributed by atoms with E-state index in [1.807, 2.05) is 6.08 Å². The fourth-order valence-electron chi connectivity index (χ4n) is 13.6. The van der Waals surface area contributed by atoms with E-state index >= 15 is 19.2 Å². The predicted molar refractivity (Wildman–Crippen MR) is 259 cm³/mol. The number of carbonyl (C=O) groups excluding carboxylic acids is 4. The molecule has 4 fully saturated rings. The third-order valence-electron chi connectivity index (χ3n) is 16.2. The van der Waals surface area contributed by atoms with Gasteiger partial charge >= 0.3 is 0 Å². The van der Waals surface area contributed by atoms with Gasteiger partial charge in [0, 0.05) is 64.7 Å². The number of piperidine rings is 2. The number of amides is 4. The molecule has 17 unspecified atom stereocenters. The van der Waals surface area contributed by atoms with E-state index in [2.05, 4.69) is 136 Å². The van der Waals surface area contributed by atoms with Gasteiger partial charge in [0.1, 0.15) is 0 Å². The first kappa shape index (κ1) is 47.8. The van der Waals surface area contributed by atoms with Crippen molar-refractivity contribution in [3.63, 3.8) is 0 Å². The van der Waals surface area contributed by atoms with Crippen molar-refractivity contribution in [3.05, 3.63) is 68.3 Å². The quantitative estimate of drug-likeness (QED) is 0.186. The molecule has 2 saturated heterocycles. The Morgan fingerprint density at radius 2 is 1.37 bits per heavy atom. The van der Waals surface area contributed by atoms with E-state index in [-0.39, 0.29) is 67.1 Å². The standard InChI is InChI=1S/C48H56Cl4I4N2O4/c1-5-31(53)19-11-9-12-20(32(54)6-2)43(19)57-45(59)23-15-27(49)37-39-29(51)17-25-36-26(18-30(52)40(42(36)39)38-28(50)16-24(46(57)60)35(23)41(37)38)48(62)58(47(25)61)44-21(33(55)7-3)13-10-14-22(44)34(56)8-4/h9,11-12,15,19,21-22,24-28,30-34,37-38,40,43-44,55-56H,5-8,10,13-14,16-18H2,1-4H3/q+2. The molecule has 14 heteroatoms. The molecule has 2 heterocycles. The normalized spacial score (nSPS) is 40.8. The summed E-state index contributed by atoms with van der Waals surface area (Å²) in [5.74, 6) is -3.11. The molecule has 2 aliphatic heterocycles. The van der Waals surface area contributed by atoms with Gasteiger partial charge in [-0.25, -0.2) is 0 Å². The molecule has 17 atom stereocenters. The maximum atomic E-state index is 15.3. The average Bonchev–Trinajstić information content (AvgIpc) is 3.27. The number of likely N-dealkylation sites (tertiary alicyclic amines) is 2.